The lowest BCUT2D eigenvalue weighted by Gasteiger charge is -2.27. The van der Waals surface area contributed by atoms with Crippen LogP contribution in [0.15, 0.2) is 85.1 Å². The normalized spacial score (nSPS) is 14.2. The van der Waals surface area contributed by atoms with Crippen molar-refractivity contribution in [2.24, 2.45) is 0 Å². The first-order chi connectivity index (χ1) is 38.4. The number of carbonyl (C=O) groups excluding carboxylic acids is 2. The number of phosphoric acid groups is 1. The molecule has 0 aliphatic heterocycles. The van der Waals surface area contributed by atoms with Crippen molar-refractivity contribution in [3.05, 3.63) is 85.1 Å². The average Bonchev–Trinajstić information content (AvgIpc) is 3.41. The van der Waals surface area contributed by atoms with Crippen molar-refractivity contribution in [3.8, 4) is 0 Å². The molecule has 0 rings (SSSR count). The van der Waals surface area contributed by atoms with Crippen molar-refractivity contribution in [1.29, 1.82) is 0 Å². The van der Waals surface area contributed by atoms with Gasteiger partial charge in [-0.25, -0.2) is 4.57 Å². The van der Waals surface area contributed by atoms with Gasteiger partial charge in [-0.1, -0.05) is 254 Å². The van der Waals surface area contributed by atoms with Crippen molar-refractivity contribution in [3.63, 3.8) is 0 Å². The summed E-state index contributed by atoms with van der Waals surface area (Å²) in [4.78, 5) is 37.8. The molecule has 9 nitrogen and oxygen atoms in total. The molecule has 0 bridgehead atoms. The van der Waals surface area contributed by atoms with Crippen LogP contribution in [0.1, 0.15) is 290 Å². The van der Waals surface area contributed by atoms with Crippen molar-refractivity contribution in [2.75, 3.05) is 40.9 Å². The van der Waals surface area contributed by atoms with E-state index in [0.717, 1.165) is 96.3 Å². The molecule has 0 saturated carbocycles. The van der Waals surface area contributed by atoms with Gasteiger partial charge >= 0.3 is 13.8 Å². The van der Waals surface area contributed by atoms with E-state index >= 15 is 0 Å². The van der Waals surface area contributed by atoms with Crippen LogP contribution in [0.5, 0.6) is 0 Å². The first kappa shape index (κ1) is 76.2. The van der Waals surface area contributed by atoms with Crippen molar-refractivity contribution >= 4 is 19.7 Å². The number of hydrogen-bond donors (Lipinski definition) is 2. The molecule has 0 radical (unpaired) electrons. The molecule has 0 saturated heterocycles. The maximum Gasteiger partial charge on any atom is 0.472 e. The second kappa shape index (κ2) is 58.4. The quantitative estimate of drug-likeness (QED) is 0.0205. The summed E-state index contributed by atoms with van der Waals surface area (Å²) >= 11 is 0. The summed E-state index contributed by atoms with van der Waals surface area (Å²) in [5.74, 6) is -0.523. The summed E-state index contributed by atoms with van der Waals surface area (Å²) in [7, 11) is 1.48. The Hall–Kier alpha value is -2.81. The molecule has 458 valence electrons. The van der Waals surface area contributed by atoms with Crippen molar-refractivity contribution in [2.45, 2.75) is 303 Å². The SMILES string of the molecule is CCCCC/C=C\C/C=C\C/C=C\CCCCCCCCCCCCC(=O)NC(COP(=O)(O)OCC[N+](C)(C)C)C(/C=C\CCCCCCCCCCC)OC(=O)CCCCCCCC/C=C\C/C=C\C/C=C\CCCCC. The number of phosphoric ester groups is 1. The van der Waals surface area contributed by atoms with E-state index in [1.807, 2.05) is 33.3 Å². The van der Waals surface area contributed by atoms with Gasteiger partial charge in [0.1, 0.15) is 19.3 Å². The monoisotopic (exact) mass is 1130 g/mol. The third-order valence-electron chi connectivity index (χ3n) is 14.3. The van der Waals surface area contributed by atoms with E-state index in [2.05, 4.69) is 99.0 Å². The van der Waals surface area contributed by atoms with Gasteiger partial charge in [-0.2, -0.15) is 0 Å². The van der Waals surface area contributed by atoms with Crippen LogP contribution < -0.4 is 5.32 Å². The van der Waals surface area contributed by atoms with Gasteiger partial charge in [-0.3, -0.25) is 18.6 Å². The fourth-order valence-electron chi connectivity index (χ4n) is 9.19. The number of likely N-dealkylation sites (N-methyl/N-ethyl adjacent to an activating group) is 1. The number of esters is 1. The Morgan fingerprint density at radius 1 is 0.443 bits per heavy atom. The van der Waals surface area contributed by atoms with Gasteiger partial charge in [-0.15, -0.1) is 0 Å². The number of amides is 1. The average molecular weight is 1130 g/mol. The molecule has 10 heteroatoms. The van der Waals surface area contributed by atoms with Crippen LogP contribution in [-0.2, 0) is 27.9 Å². The van der Waals surface area contributed by atoms with E-state index < -0.39 is 20.0 Å². The molecule has 0 aromatic rings. The number of ether oxygens (including phenoxy) is 1. The number of quaternary nitrogens is 1. The van der Waals surface area contributed by atoms with Gasteiger partial charge in [0, 0.05) is 12.8 Å². The summed E-state index contributed by atoms with van der Waals surface area (Å²) in [5, 5.41) is 3.06. The van der Waals surface area contributed by atoms with Crippen LogP contribution >= 0.6 is 7.82 Å². The van der Waals surface area contributed by atoms with Crippen LogP contribution in [0.4, 0.5) is 0 Å². The maximum atomic E-state index is 13.6. The molecule has 0 aromatic carbocycles. The van der Waals surface area contributed by atoms with E-state index in [9.17, 15) is 19.0 Å². The number of nitrogens with one attached hydrogen (secondary N) is 1. The largest absolute Gasteiger partial charge is 0.472 e. The maximum absolute atomic E-state index is 13.6. The van der Waals surface area contributed by atoms with Gasteiger partial charge in [0.2, 0.25) is 5.91 Å². The van der Waals surface area contributed by atoms with E-state index in [1.54, 1.807) is 0 Å². The zero-order chi connectivity index (χ0) is 57.9. The highest BCUT2D eigenvalue weighted by Gasteiger charge is 2.30. The van der Waals surface area contributed by atoms with E-state index in [1.165, 1.54) is 161 Å². The lowest BCUT2D eigenvalue weighted by Crippen LogP contribution is -2.47. The van der Waals surface area contributed by atoms with Gasteiger partial charge in [0.25, 0.3) is 0 Å². The van der Waals surface area contributed by atoms with Gasteiger partial charge in [0.15, 0.2) is 0 Å². The minimum Gasteiger partial charge on any atom is -0.456 e. The number of nitrogens with zero attached hydrogens (tertiary/aromatic N) is 1. The molecule has 0 aliphatic carbocycles. The summed E-state index contributed by atoms with van der Waals surface area (Å²) in [6.07, 6.45) is 77.2. The third-order valence-corrected chi connectivity index (χ3v) is 15.3. The minimum atomic E-state index is -4.46. The number of hydrogen-bond acceptors (Lipinski definition) is 6. The molecular weight excluding hydrogens is 1000 g/mol. The Bertz CT molecular complexity index is 1630. The minimum absolute atomic E-state index is 0.0340. The van der Waals surface area contributed by atoms with Crippen LogP contribution in [0.2, 0.25) is 0 Å². The van der Waals surface area contributed by atoms with Crippen molar-refractivity contribution < 1.29 is 37.3 Å². The molecule has 0 aliphatic rings. The molecule has 1 amide bonds. The summed E-state index contributed by atoms with van der Waals surface area (Å²) in [6.45, 7) is 6.95. The van der Waals surface area contributed by atoms with Gasteiger partial charge < -0.3 is 19.4 Å². The fourth-order valence-corrected chi connectivity index (χ4v) is 9.93. The van der Waals surface area contributed by atoms with Crippen LogP contribution in [0, 0.1) is 0 Å². The number of rotatable bonds is 59. The molecular formula is C69H126N2O7P+. The highest BCUT2D eigenvalue weighted by atomic mass is 31.2. The lowest BCUT2D eigenvalue weighted by atomic mass is 10.0. The van der Waals surface area contributed by atoms with Gasteiger partial charge in [0.05, 0.1) is 33.8 Å². The number of carbonyl (C=O) groups is 2. The zero-order valence-corrected chi connectivity index (χ0v) is 53.2. The first-order valence-electron chi connectivity index (χ1n) is 32.9. The Labute approximate surface area is 488 Å². The molecule has 2 N–H and O–H groups in total. The molecule has 0 heterocycles. The predicted octanol–water partition coefficient (Wildman–Crippen LogP) is 20.6. The number of allylic oxidation sites excluding steroid dienone is 13. The third kappa shape index (κ3) is 59.6. The molecule has 0 fully saturated rings. The van der Waals surface area contributed by atoms with Crippen LogP contribution in [0.3, 0.4) is 0 Å². The smallest absolute Gasteiger partial charge is 0.456 e. The molecule has 79 heavy (non-hydrogen) atoms. The molecule has 3 unspecified atom stereocenters. The molecule has 0 spiro atoms. The standard InChI is InChI=1S/C69H125N2O7P/c1-7-10-13-16-19-22-25-27-29-31-33-34-35-36-38-39-41-43-46-49-52-55-58-61-68(72)70-66(65-77-79(74,75)76-64-63-71(4,5)6)67(60-57-54-51-48-45-24-21-18-15-12-9-3)78-69(73)62-59-56-53-50-47-44-42-40-37-32-30-28-26-23-20-17-14-11-8-2/h19-20,22-23,27-30,33-34,37,40,57,60,66-67H,7-18,21,24-26,31-32,35-36,38-39,41-56,58-59,61-65H2,1-6H3,(H-,70,72,74,75)/p+1/b22-19-,23-20-,29-27-,30-28-,34-33-,40-37-,60-57-. The Kier molecular flexibility index (Phi) is 56.3. The van der Waals surface area contributed by atoms with E-state index in [4.69, 9.17) is 13.8 Å². The topological polar surface area (TPSA) is 111 Å². The highest BCUT2D eigenvalue weighted by Crippen LogP contribution is 2.43. The van der Waals surface area contributed by atoms with Crippen LogP contribution in [0.25, 0.3) is 0 Å². The van der Waals surface area contributed by atoms with Crippen LogP contribution in [-0.4, -0.2) is 74.3 Å². The summed E-state index contributed by atoms with van der Waals surface area (Å²) < 4.78 is 30.7. The highest BCUT2D eigenvalue weighted by molar-refractivity contribution is 7.47. The Morgan fingerprint density at radius 2 is 0.772 bits per heavy atom. The Morgan fingerprint density at radius 3 is 1.18 bits per heavy atom. The lowest BCUT2D eigenvalue weighted by molar-refractivity contribution is -0.870. The van der Waals surface area contributed by atoms with E-state index in [-0.39, 0.29) is 31.5 Å². The predicted molar refractivity (Wildman–Crippen MR) is 341 cm³/mol. The zero-order valence-electron chi connectivity index (χ0n) is 52.3. The van der Waals surface area contributed by atoms with Gasteiger partial charge in [-0.05, 0) is 109 Å². The van der Waals surface area contributed by atoms with Crippen molar-refractivity contribution in [1.82, 2.24) is 5.32 Å². The number of unbranched alkanes of at least 4 members (excludes halogenated alkanes) is 31. The molecule has 0 aromatic heterocycles. The second-order valence-electron chi connectivity index (χ2n) is 23.3. The van der Waals surface area contributed by atoms with E-state index in [0.29, 0.717) is 17.4 Å². The molecule has 3 atom stereocenters. The first-order valence-corrected chi connectivity index (χ1v) is 34.4. The second-order valence-corrected chi connectivity index (χ2v) is 24.7. The fraction of sp³-hybridized carbons (Fsp3) is 0.768. The summed E-state index contributed by atoms with van der Waals surface area (Å²) in [6, 6.07) is -0.860. The Balaban J connectivity index is 5.16. The summed E-state index contributed by atoms with van der Waals surface area (Å²) in [5.41, 5.74) is 0.